The molecule has 0 atom stereocenters. The normalized spacial score (nSPS) is 11.3. The third-order valence-electron chi connectivity index (χ3n) is 6.53. The predicted octanol–water partition coefficient (Wildman–Crippen LogP) is 6.85. The number of thiophene rings is 1. The first-order chi connectivity index (χ1) is 19.1. The van der Waals surface area contributed by atoms with Crippen LogP contribution >= 0.6 is 11.3 Å². The van der Waals surface area contributed by atoms with Crippen LogP contribution in [0.25, 0.3) is 55.2 Å². The van der Waals surface area contributed by atoms with Gasteiger partial charge >= 0.3 is 0 Å². The number of benzene rings is 1. The van der Waals surface area contributed by atoms with Crippen molar-refractivity contribution in [2.24, 2.45) is 0 Å². The predicted molar refractivity (Wildman–Crippen MR) is 155 cm³/mol. The van der Waals surface area contributed by atoms with Crippen molar-refractivity contribution in [3.05, 3.63) is 102 Å². The summed E-state index contributed by atoms with van der Waals surface area (Å²) >= 11 is 1.76. The number of rotatable bonds is 5. The van der Waals surface area contributed by atoms with Gasteiger partial charge in [0.15, 0.2) is 0 Å². The molecule has 1 amide bonds. The van der Waals surface area contributed by atoms with E-state index in [4.69, 9.17) is 4.98 Å². The Morgan fingerprint density at radius 2 is 1.87 bits per heavy atom. The Balaban J connectivity index is 1.25. The summed E-state index contributed by atoms with van der Waals surface area (Å²) in [7, 11) is 0. The summed E-state index contributed by atoms with van der Waals surface area (Å²) in [5, 5.41) is 11.6. The molecule has 6 aromatic heterocycles. The summed E-state index contributed by atoms with van der Waals surface area (Å²) in [4.78, 5) is 32.3. The van der Waals surface area contributed by atoms with E-state index in [1.807, 2.05) is 48.7 Å². The van der Waals surface area contributed by atoms with Gasteiger partial charge < -0.3 is 10.3 Å². The quantitative estimate of drug-likeness (QED) is 0.227. The maximum Gasteiger partial charge on any atom is 0.255 e. The van der Waals surface area contributed by atoms with Crippen molar-refractivity contribution < 1.29 is 4.79 Å². The van der Waals surface area contributed by atoms with Gasteiger partial charge in [0.05, 0.1) is 28.8 Å². The number of aryl methyl sites for hydroxylation is 1. The number of nitrogens with zero attached hydrogens (tertiary/aromatic N) is 4. The number of pyridine rings is 3. The zero-order valence-electron chi connectivity index (χ0n) is 20.8. The highest BCUT2D eigenvalue weighted by molar-refractivity contribution is 7.15. The Kier molecular flexibility index (Phi) is 5.49. The zero-order chi connectivity index (χ0) is 26.3. The number of fused-ring (bicyclic) bond motifs is 2. The zero-order valence-corrected chi connectivity index (χ0v) is 21.6. The van der Waals surface area contributed by atoms with Crippen molar-refractivity contribution in [2.75, 3.05) is 5.32 Å². The molecule has 8 nitrogen and oxygen atoms in total. The van der Waals surface area contributed by atoms with Gasteiger partial charge in [-0.15, -0.1) is 11.3 Å². The van der Waals surface area contributed by atoms with Crippen LogP contribution in [0.15, 0.2) is 91.4 Å². The summed E-state index contributed by atoms with van der Waals surface area (Å²) in [5.74, 6) is -0.195. The largest absolute Gasteiger partial charge is 0.338 e. The number of hydrogen-bond acceptors (Lipinski definition) is 6. The van der Waals surface area contributed by atoms with Crippen LogP contribution in [-0.4, -0.2) is 36.0 Å². The fourth-order valence-corrected chi connectivity index (χ4v) is 5.54. The molecule has 0 aliphatic heterocycles. The van der Waals surface area contributed by atoms with Crippen molar-refractivity contribution in [1.29, 1.82) is 0 Å². The Morgan fingerprint density at radius 1 is 0.974 bits per heavy atom. The van der Waals surface area contributed by atoms with Gasteiger partial charge in [0, 0.05) is 44.2 Å². The molecular formula is C30H21N7OS. The molecule has 0 bridgehead atoms. The van der Waals surface area contributed by atoms with Crippen LogP contribution in [0.4, 0.5) is 5.69 Å². The molecule has 3 N–H and O–H groups in total. The highest BCUT2D eigenvalue weighted by Crippen LogP contribution is 2.36. The molecule has 0 unspecified atom stereocenters. The molecule has 0 saturated heterocycles. The van der Waals surface area contributed by atoms with E-state index in [0.717, 1.165) is 44.6 Å². The van der Waals surface area contributed by atoms with Crippen LogP contribution in [0.5, 0.6) is 0 Å². The third-order valence-corrected chi connectivity index (χ3v) is 7.56. The first-order valence-corrected chi connectivity index (χ1v) is 13.2. The number of carbonyl (C=O) groups excluding carboxylic acids is 1. The summed E-state index contributed by atoms with van der Waals surface area (Å²) in [6, 6.07) is 23.2. The lowest BCUT2D eigenvalue weighted by atomic mass is 10.1. The minimum Gasteiger partial charge on any atom is -0.338 e. The maximum absolute atomic E-state index is 12.6. The molecule has 0 spiro atoms. The van der Waals surface area contributed by atoms with Gasteiger partial charge in [0.25, 0.3) is 5.91 Å². The van der Waals surface area contributed by atoms with Crippen LogP contribution in [-0.2, 0) is 0 Å². The molecule has 0 aliphatic rings. The van der Waals surface area contributed by atoms with E-state index < -0.39 is 0 Å². The Morgan fingerprint density at radius 3 is 2.72 bits per heavy atom. The molecule has 7 rings (SSSR count). The lowest BCUT2D eigenvalue weighted by Crippen LogP contribution is -2.11. The van der Waals surface area contributed by atoms with Gasteiger partial charge in [-0.1, -0.05) is 18.2 Å². The van der Waals surface area contributed by atoms with Crippen LogP contribution < -0.4 is 5.32 Å². The molecular weight excluding hydrogens is 506 g/mol. The van der Waals surface area contributed by atoms with E-state index in [1.165, 1.54) is 9.75 Å². The van der Waals surface area contributed by atoms with Gasteiger partial charge in [0.2, 0.25) is 0 Å². The van der Waals surface area contributed by atoms with E-state index in [0.29, 0.717) is 16.9 Å². The van der Waals surface area contributed by atoms with Crippen LogP contribution in [0.3, 0.4) is 0 Å². The SMILES string of the molecule is Cc1ccc(-c2ccnc3[nH]c(-c4n[nH]c5ccc(-c6cncc(NC(=O)c7ccccc7)c6)nc45)cc23)s1. The second-order valence-corrected chi connectivity index (χ2v) is 10.4. The summed E-state index contributed by atoms with van der Waals surface area (Å²) < 4.78 is 0. The summed E-state index contributed by atoms with van der Waals surface area (Å²) in [6.45, 7) is 2.11. The maximum atomic E-state index is 12.6. The fourth-order valence-electron chi connectivity index (χ4n) is 4.64. The Bertz CT molecular complexity index is 1990. The fraction of sp³-hybridized carbons (Fsp3) is 0.0333. The molecule has 0 radical (unpaired) electrons. The van der Waals surface area contributed by atoms with Crippen molar-refractivity contribution in [2.45, 2.75) is 6.92 Å². The molecule has 6 heterocycles. The molecule has 0 aliphatic carbocycles. The summed E-state index contributed by atoms with van der Waals surface area (Å²) in [6.07, 6.45) is 5.17. The van der Waals surface area contributed by atoms with E-state index >= 15 is 0 Å². The number of aromatic nitrogens is 6. The van der Waals surface area contributed by atoms with Crippen LogP contribution in [0, 0.1) is 6.92 Å². The molecule has 0 fully saturated rings. The molecule has 188 valence electrons. The molecule has 9 heteroatoms. The standard InChI is InChI=1S/C30H21N7OS/c1-17-7-10-26(39-17)21-11-12-32-29-22(21)14-25(35-29)28-27-24(36-37-28)9-8-23(34-27)19-13-20(16-31-15-19)33-30(38)18-5-3-2-4-6-18/h2-16H,1H3,(H,32,35)(H,33,38)(H,36,37). The van der Waals surface area contributed by atoms with E-state index in [1.54, 1.807) is 35.9 Å². The number of amides is 1. The van der Waals surface area contributed by atoms with Crippen molar-refractivity contribution in [3.8, 4) is 33.1 Å². The number of nitrogens with one attached hydrogen (secondary N) is 3. The number of anilines is 1. The molecule has 39 heavy (non-hydrogen) atoms. The molecule has 1 aromatic carbocycles. The van der Waals surface area contributed by atoms with Gasteiger partial charge in [-0.2, -0.15) is 5.10 Å². The highest BCUT2D eigenvalue weighted by Gasteiger charge is 2.17. The van der Waals surface area contributed by atoms with E-state index in [-0.39, 0.29) is 5.91 Å². The van der Waals surface area contributed by atoms with Gasteiger partial charge in [-0.05, 0) is 61.5 Å². The number of aromatic amines is 2. The Labute approximate surface area is 226 Å². The van der Waals surface area contributed by atoms with Crippen LogP contribution in [0.2, 0.25) is 0 Å². The van der Waals surface area contributed by atoms with Gasteiger partial charge in [0.1, 0.15) is 16.9 Å². The van der Waals surface area contributed by atoms with Gasteiger partial charge in [-0.25, -0.2) is 9.97 Å². The number of carbonyl (C=O) groups is 1. The summed E-state index contributed by atoms with van der Waals surface area (Å²) in [5.41, 5.74) is 7.69. The monoisotopic (exact) mass is 527 g/mol. The smallest absolute Gasteiger partial charge is 0.255 e. The number of hydrogen-bond donors (Lipinski definition) is 3. The highest BCUT2D eigenvalue weighted by atomic mass is 32.1. The number of H-pyrrole nitrogens is 2. The van der Waals surface area contributed by atoms with Crippen molar-refractivity contribution >= 4 is 45.0 Å². The lowest BCUT2D eigenvalue weighted by Gasteiger charge is -2.07. The lowest BCUT2D eigenvalue weighted by molar-refractivity contribution is 0.102. The van der Waals surface area contributed by atoms with E-state index in [9.17, 15) is 4.79 Å². The second-order valence-electron chi connectivity index (χ2n) is 9.16. The minimum absolute atomic E-state index is 0.195. The first-order valence-electron chi connectivity index (χ1n) is 12.3. The Hall–Kier alpha value is -5.15. The van der Waals surface area contributed by atoms with Crippen molar-refractivity contribution in [1.82, 2.24) is 30.1 Å². The second kappa shape index (κ2) is 9.30. The van der Waals surface area contributed by atoms with Crippen molar-refractivity contribution in [3.63, 3.8) is 0 Å². The van der Waals surface area contributed by atoms with Gasteiger partial charge in [-0.3, -0.25) is 14.9 Å². The first kappa shape index (κ1) is 23.0. The van der Waals surface area contributed by atoms with Crippen LogP contribution in [0.1, 0.15) is 15.2 Å². The van der Waals surface area contributed by atoms with E-state index in [2.05, 4.69) is 55.6 Å². The average molecular weight is 528 g/mol. The molecule has 7 aromatic rings. The molecule has 0 saturated carbocycles. The average Bonchev–Trinajstić information content (AvgIpc) is 3.71. The minimum atomic E-state index is -0.195. The third kappa shape index (κ3) is 4.24. The topological polar surface area (TPSA) is 112 Å².